The number of anilines is 1. The second kappa shape index (κ2) is 11.1. The van der Waals surface area contributed by atoms with E-state index in [2.05, 4.69) is 77.3 Å². The van der Waals surface area contributed by atoms with Crippen LogP contribution in [0, 0.1) is 19.8 Å². The molecule has 1 aromatic heterocycles. The maximum atomic E-state index is 5.85. The zero-order valence-electron chi connectivity index (χ0n) is 21.9. The van der Waals surface area contributed by atoms with Gasteiger partial charge in [0.2, 0.25) is 0 Å². The van der Waals surface area contributed by atoms with Crippen molar-refractivity contribution in [3.63, 3.8) is 0 Å². The zero-order chi connectivity index (χ0) is 24.9. The molecule has 8 heteroatoms. The first-order valence-corrected chi connectivity index (χ1v) is 12.5. The van der Waals surface area contributed by atoms with Crippen molar-refractivity contribution in [1.29, 1.82) is 0 Å². The first-order chi connectivity index (χ1) is 16.9. The van der Waals surface area contributed by atoms with Crippen molar-refractivity contribution >= 4 is 5.69 Å². The normalized spacial score (nSPS) is 15.5. The first kappa shape index (κ1) is 25.0. The van der Waals surface area contributed by atoms with E-state index in [-0.39, 0.29) is 6.04 Å². The molecule has 4 rings (SSSR count). The maximum absolute atomic E-state index is 5.85. The minimum absolute atomic E-state index is 0.136. The van der Waals surface area contributed by atoms with E-state index < -0.39 is 0 Å². The number of hydrogen-bond donors (Lipinski definition) is 0. The third kappa shape index (κ3) is 5.27. The van der Waals surface area contributed by atoms with Crippen LogP contribution in [0.5, 0.6) is 11.5 Å². The van der Waals surface area contributed by atoms with Crippen LogP contribution in [-0.4, -0.2) is 65.5 Å². The molecule has 188 valence electrons. The average Bonchev–Trinajstić information content (AvgIpc) is 3.33. The fourth-order valence-electron chi connectivity index (χ4n) is 4.87. The van der Waals surface area contributed by atoms with Crippen LogP contribution in [0.25, 0.3) is 0 Å². The van der Waals surface area contributed by atoms with Crippen molar-refractivity contribution in [3.05, 3.63) is 58.9 Å². The Kier molecular flexibility index (Phi) is 7.90. The van der Waals surface area contributed by atoms with E-state index in [4.69, 9.17) is 9.47 Å². The van der Waals surface area contributed by atoms with Crippen LogP contribution in [0.1, 0.15) is 48.8 Å². The Morgan fingerprint density at radius 3 is 2.37 bits per heavy atom. The molecule has 1 aliphatic rings. The standard InChI is InChI=1S/C27H38N6O2/c1-19(2)13-14-33-27(28-29-30-33)25(22-10-8-12-24(34-5)26(22)35-6)32-17-15-31(16-18-32)23-11-7-9-20(3)21(23)4/h7-12,19,25H,13-18H2,1-6H3/t25-/m1/s1. The van der Waals surface area contributed by atoms with Gasteiger partial charge in [0.05, 0.1) is 14.2 Å². The Labute approximate surface area is 208 Å². The van der Waals surface area contributed by atoms with Crippen molar-refractivity contribution in [1.82, 2.24) is 25.1 Å². The van der Waals surface area contributed by atoms with Crippen LogP contribution in [0.3, 0.4) is 0 Å². The fraction of sp³-hybridized carbons (Fsp3) is 0.519. The number of hydrogen-bond acceptors (Lipinski definition) is 7. The van der Waals surface area contributed by atoms with Gasteiger partial charge in [-0.1, -0.05) is 38.1 Å². The molecule has 1 atom stereocenters. The van der Waals surface area contributed by atoms with E-state index in [1.165, 1.54) is 16.8 Å². The first-order valence-electron chi connectivity index (χ1n) is 12.5. The summed E-state index contributed by atoms with van der Waals surface area (Å²) in [6.45, 7) is 13.2. The molecule has 1 fully saturated rings. The second-order valence-corrected chi connectivity index (χ2v) is 9.67. The van der Waals surface area contributed by atoms with E-state index >= 15 is 0 Å². The molecule has 0 radical (unpaired) electrons. The highest BCUT2D eigenvalue weighted by molar-refractivity contribution is 5.56. The van der Waals surface area contributed by atoms with E-state index in [0.29, 0.717) is 11.7 Å². The summed E-state index contributed by atoms with van der Waals surface area (Å²) in [5.74, 6) is 2.86. The molecule has 0 spiro atoms. The van der Waals surface area contributed by atoms with Crippen LogP contribution < -0.4 is 14.4 Å². The van der Waals surface area contributed by atoms with Gasteiger partial charge in [-0.3, -0.25) is 4.90 Å². The quantitative estimate of drug-likeness (QED) is 0.455. The van der Waals surface area contributed by atoms with Crippen molar-refractivity contribution in [3.8, 4) is 11.5 Å². The van der Waals surface area contributed by atoms with Crippen molar-refractivity contribution in [2.24, 2.45) is 5.92 Å². The Balaban J connectivity index is 1.68. The van der Waals surface area contributed by atoms with Gasteiger partial charge in [-0.15, -0.1) is 5.10 Å². The summed E-state index contributed by atoms with van der Waals surface area (Å²) in [6.07, 6.45) is 1.01. The van der Waals surface area contributed by atoms with Gasteiger partial charge in [0, 0.05) is 44.0 Å². The monoisotopic (exact) mass is 478 g/mol. The van der Waals surface area contributed by atoms with E-state index in [9.17, 15) is 0 Å². The Bertz CT molecular complexity index is 1120. The van der Waals surface area contributed by atoms with Gasteiger partial charge in [-0.05, 0) is 59.9 Å². The molecule has 2 aromatic carbocycles. The van der Waals surface area contributed by atoms with Crippen LogP contribution in [0.15, 0.2) is 36.4 Å². The molecule has 1 aliphatic heterocycles. The molecule has 0 aliphatic carbocycles. The fourth-order valence-corrected chi connectivity index (χ4v) is 4.87. The third-order valence-corrected chi connectivity index (χ3v) is 7.05. The molecule has 0 bridgehead atoms. The Morgan fingerprint density at radius 2 is 1.69 bits per heavy atom. The van der Waals surface area contributed by atoms with Crippen molar-refractivity contribution < 1.29 is 9.47 Å². The molecule has 35 heavy (non-hydrogen) atoms. The summed E-state index contributed by atoms with van der Waals surface area (Å²) in [7, 11) is 3.37. The molecule has 1 saturated heterocycles. The van der Waals surface area contributed by atoms with Gasteiger partial charge >= 0.3 is 0 Å². The summed E-state index contributed by atoms with van der Waals surface area (Å²) in [4.78, 5) is 4.96. The van der Waals surface area contributed by atoms with Crippen molar-refractivity contribution in [2.75, 3.05) is 45.3 Å². The number of ether oxygens (including phenoxy) is 2. The van der Waals surface area contributed by atoms with Crippen LogP contribution in [0.2, 0.25) is 0 Å². The molecule has 0 N–H and O–H groups in total. The molecule has 8 nitrogen and oxygen atoms in total. The third-order valence-electron chi connectivity index (χ3n) is 7.05. The Morgan fingerprint density at radius 1 is 0.943 bits per heavy atom. The highest BCUT2D eigenvalue weighted by Crippen LogP contribution is 2.40. The van der Waals surface area contributed by atoms with E-state index in [1.807, 2.05) is 16.8 Å². The second-order valence-electron chi connectivity index (χ2n) is 9.67. The van der Waals surface area contributed by atoms with Crippen LogP contribution in [0.4, 0.5) is 5.69 Å². The maximum Gasteiger partial charge on any atom is 0.173 e. The lowest BCUT2D eigenvalue weighted by Crippen LogP contribution is -2.48. The SMILES string of the molecule is COc1cccc([C@H](c2nnnn2CCC(C)C)N2CCN(c3cccc(C)c3C)CC2)c1OC. The summed E-state index contributed by atoms with van der Waals surface area (Å²) in [6, 6.07) is 12.5. The summed E-state index contributed by atoms with van der Waals surface area (Å²) >= 11 is 0. The molecule has 3 aromatic rings. The predicted octanol–water partition coefficient (Wildman–Crippen LogP) is 4.26. The molecule has 2 heterocycles. The number of para-hydroxylation sites is 1. The van der Waals surface area contributed by atoms with E-state index in [0.717, 1.165) is 56.3 Å². The van der Waals surface area contributed by atoms with Gasteiger partial charge < -0.3 is 14.4 Å². The number of nitrogens with zero attached hydrogens (tertiary/aromatic N) is 6. The van der Waals surface area contributed by atoms with Gasteiger partial charge in [0.25, 0.3) is 0 Å². The molecule has 0 amide bonds. The highest BCUT2D eigenvalue weighted by atomic mass is 16.5. The highest BCUT2D eigenvalue weighted by Gasteiger charge is 2.33. The number of piperazine rings is 1. The molecule has 0 saturated carbocycles. The van der Waals surface area contributed by atoms with Gasteiger partial charge in [0.1, 0.15) is 6.04 Å². The Hall–Kier alpha value is -3.13. The lowest BCUT2D eigenvalue weighted by molar-refractivity contribution is 0.195. The number of benzene rings is 2. The molecule has 0 unspecified atom stereocenters. The van der Waals surface area contributed by atoms with E-state index in [1.54, 1.807) is 14.2 Å². The summed E-state index contributed by atoms with van der Waals surface area (Å²) in [5.41, 5.74) is 5.02. The van der Waals surface area contributed by atoms with Gasteiger partial charge in [-0.25, -0.2) is 4.68 Å². The number of methoxy groups -OCH3 is 2. The zero-order valence-corrected chi connectivity index (χ0v) is 21.9. The minimum atomic E-state index is -0.136. The number of aryl methyl sites for hydroxylation is 2. The van der Waals surface area contributed by atoms with Crippen LogP contribution in [-0.2, 0) is 6.54 Å². The minimum Gasteiger partial charge on any atom is -0.493 e. The van der Waals surface area contributed by atoms with Crippen molar-refractivity contribution in [2.45, 2.75) is 46.7 Å². The number of aromatic nitrogens is 4. The largest absolute Gasteiger partial charge is 0.493 e. The van der Waals surface area contributed by atoms with Gasteiger partial charge in [0.15, 0.2) is 17.3 Å². The predicted molar refractivity (Wildman–Crippen MR) is 138 cm³/mol. The smallest absolute Gasteiger partial charge is 0.173 e. The topological polar surface area (TPSA) is 68.5 Å². The average molecular weight is 479 g/mol. The summed E-state index contributed by atoms with van der Waals surface area (Å²) < 4.78 is 13.4. The lowest BCUT2D eigenvalue weighted by Gasteiger charge is -2.40. The number of tetrazole rings is 1. The molecular formula is C27H38N6O2. The lowest BCUT2D eigenvalue weighted by atomic mass is 10.0. The molecular weight excluding hydrogens is 440 g/mol. The van der Waals surface area contributed by atoms with Gasteiger partial charge in [-0.2, -0.15) is 0 Å². The summed E-state index contributed by atoms with van der Waals surface area (Å²) in [5, 5.41) is 13.0. The van der Waals surface area contributed by atoms with Crippen LogP contribution >= 0.6 is 0 Å². The number of rotatable bonds is 9.